The van der Waals surface area contributed by atoms with Crippen LogP contribution in [0.4, 0.5) is 10.7 Å². The largest absolute Gasteiger partial charge is 0.453 e. The number of ether oxygens (including phenoxy) is 1. The number of hydrogen-bond donors (Lipinski definition) is 4. The number of alkyl carbamates (subject to hydrolysis) is 1. The summed E-state index contributed by atoms with van der Waals surface area (Å²) in [6, 6.07) is 24.5. The number of aromatic nitrogens is 4. The first-order chi connectivity index (χ1) is 22.8. The third-order valence-electron chi connectivity index (χ3n) is 8.41. The number of nitrogens with one attached hydrogen (secondary N) is 4. The Morgan fingerprint density at radius 3 is 2.04 bits per heavy atom. The molecule has 6 rings (SSSR count). The topological polar surface area (TPSA) is 145 Å². The second kappa shape index (κ2) is 13.7. The Balaban J connectivity index is 1.10. The molecule has 3 aromatic carbocycles. The van der Waals surface area contributed by atoms with Crippen molar-refractivity contribution >= 4 is 23.9 Å². The molecule has 0 bridgehead atoms. The highest BCUT2D eigenvalue weighted by Gasteiger charge is 2.37. The van der Waals surface area contributed by atoms with E-state index in [1.165, 1.54) is 7.11 Å². The highest BCUT2D eigenvalue weighted by atomic mass is 16.5. The van der Waals surface area contributed by atoms with Crippen LogP contribution in [0, 0.1) is 5.92 Å². The van der Waals surface area contributed by atoms with Crippen LogP contribution in [0.2, 0.25) is 0 Å². The number of hydrogen-bond acceptors (Lipinski definition) is 6. The van der Waals surface area contributed by atoms with Crippen molar-refractivity contribution in [2.75, 3.05) is 19.0 Å². The molecule has 1 fully saturated rings. The first-order valence-corrected chi connectivity index (χ1v) is 15.6. The number of nitrogens with zero attached hydrogens (tertiary/aromatic N) is 3. The molecule has 3 heterocycles. The number of carbonyl (C=O) groups is 3. The minimum atomic E-state index is -0.677. The molecule has 1 saturated heterocycles. The summed E-state index contributed by atoms with van der Waals surface area (Å²) in [5.74, 6) is 0.661. The van der Waals surface area contributed by atoms with Crippen molar-refractivity contribution in [2.45, 2.75) is 38.8 Å². The molecule has 2 aromatic heterocycles. The van der Waals surface area contributed by atoms with Crippen LogP contribution in [-0.2, 0) is 9.53 Å². The van der Waals surface area contributed by atoms with E-state index < -0.39 is 12.1 Å². The molecule has 11 nitrogen and oxygen atoms in total. The number of methoxy groups -OCH3 is 1. The SMILES string of the molecule is COC(=O)N[C@H](C(=O)N1CCC[C@H]1c1ncc(-c2ccc(-c3ccc(-c4cnc(NC(=O)c5ccccc5)[nH]4)cc3)cc2)[nH]1)C(C)C. The third-order valence-corrected chi connectivity index (χ3v) is 8.41. The van der Waals surface area contributed by atoms with Gasteiger partial charge in [-0.15, -0.1) is 0 Å². The Bertz CT molecular complexity index is 1850. The van der Waals surface area contributed by atoms with E-state index in [9.17, 15) is 14.4 Å². The molecule has 240 valence electrons. The van der Waals surface area contributed by atoms with Gasteiger partial charge in [0.1, 0.15) is 11.9 Å². The molecule has 47 heavy (non-hydrogen) atoms. The lowest BCUT2D eigenvalue weighted by molar-refractivity contribution is -0.135. The van der Waals surface area contributed by atoms with Crippen LogP contribution in [-0.4, -0.2) is 62.4 Å². The lowest BCUT2D eigenvalue weighted by Crippen LogP contribution is -2.51. The van der Waals surface area contributed by atoms with Crippen molar-refractivity contribution in [1.82, 2.24) is 30.2 Å². The molecule has 4 N–H and O–H groups in total. The molecule has 0 unspecified atom stereocenters. The highest BCUT2D eigenvalue weighted by Crippen LogP contribution is 2.33. The van der Waals surface area contributed by atoms with Gasteiger partial charge in [-0.2, -0.15) is 0 Å². The number of rotatable bonds is 9. The van der Waals surface area contributed by atoms with E-state index in [1.807, 2.05) is 68.4 Å². The van der Waals surface area contributed by atoms with Gasteiger partial charge in [-0.05, 0) is 53.1 Å². The summed E-state index contributed by atoms with van der Waals surface area (Å²) in [5, 5.41) is 5.48. The van der Waals surface area contributed by atoms with Gasteiger partial charge in [0.2, 0.25) is 11.9 Å². The summed E-state index contributed by atoms with van der Waals surface area (Å²) in [6.45, 7) is 4.40. The predicted octanol–water partition coefficient (Wildman–Crippen LogP) is 6.43. The van der Waals surface area contributed by atoms with E-state index in [0.29, 0.717) is 18.1 Å². The van der Waals surface area contributed by atoms with Gasteiger partial charge >= 0.3 is 6.09 Å². The highest BCUT2D eigenvalue weighted by molar-refractivity contribution is 6.03. The molecule has 3 amide bonds. The number of likely N-dealkylation sites (tertiary alicyclic amines) is 1. The summed E-state index contributed by atoms with van der Waals surface area (Å²) in [7, 11) is 1.29. The fourth-order valence-corrected chi connectivity index (χ4v) is 5.83. The molecule has 0 aliphatic carbocycles. The average molecular weight is 632 g/mol. The summed E-state index contributed by atoms with van der Waals surface area (Å²) in [5.41, 5.74) is 6.27. The van der Waals surface area contributed by atoms with Gasteiger partial charge in [-0.1, -0.05) is 80.6 Å². The van der Waals surface area contributed by atoms with Crippen molar-refractivity contribution < 1.29 is 19.1 Å². The standard InChI is InChI=1S/C36H37N7O4/c1-22(2)31(41-36(46)47-3)34(45)43-19-7-10-30(43)32-37-20-28(39-32)25-15-11-23(12-16-25)24-13-17-26(18-14-24)29-21-38-35(40-29)42-33(44)27-8-5-4-6-9-27/h4-6,8-9,11-18,20-22,30-31H,7,10,19H2,1-3H3,(H,37,39)(H,41,46)(H2,38,40,42,44)/t30-,31-/m0/s1. The van der Waals surface area contributed by atoms with Gasteiger partial charge in [-0.3, -0.25) is 14.9 Å². The quantitative estimate of drug-likeness (QED) is 0.148. The van der Waals surface area contributed by atoms with Gasteiger partial charge in [0.05, 0.1) is 36.9 Å². The smallest absolute Gasteiger partial charge is 0.407 e. The molecule has 11 heteroatoms. The molecule has 0 spiro atoms. The fourth-order valence-electron chi connectivity index (χ4n) is 5.83. The van der Waals surface area contributed by atoms with Crippen LogP contribution in [0.25, 0.3) is 33.6 Å². The maximum absolute atomic E-state index is 13.5. The average Bonchev–Trinajstić information content (AvgIpc) is 3.89. The maximum atomic E-state index is 13.5. The summed E-state index contributed by atoms with van der Waals surface area (Å²) >= 11 is 0. The maximum Gasteiger partial charge on any atom is 0.407 e. The van der Waals surface area contributed by atoms with Crippen molar-refractivity contribution in [3.8, 4) is 33.6 Å². The van der Waals surface area contributed by atoms with Crippen LogP contribution in [0.3, 0.4) is 0 Å². The number of anilines is 1. The first-order valence-electron chi connectivity index (χ1n) is 15.6. The molecule has 5 aromatic rings. The van der Waals surface area contributed by atoms with E-state index in [4.69, 9.17) is 4.74 Å². The fraction of sp³-hybridized carbons (Fsp3) is 0.250. The molecular formula is C36H37N7O4. The van der Waals surface area contributed by atoms with Crippen LogP contribution in [0.5, 0.6) is 0 Å². The molecule has 0 saturated carbocycles. The monoisotopic (exact) mass is 631 g/mol. The van der Waals surface area contributed by atoms with E-state index >= 15 is 0 Å². The zero-order valence-electron chi connectivity index (χ0n) is 26.5. The molecule has 2 atom stereocenters. The predicted molar refractivity (Wildman–Crippen MR) is 179 cm³/mol. The second-order valence-corrected chi connectivity index (χ2v) is 11.8. The lowest BCUT2D eigenvalue weighted by atomic mass is 10.0. The van der Waals surface area contributed by atoms with E-state index in [-0.39, 0.29) is 23.8 Å². The van der Waals surface area contributed by atoms with Crippen molar-refractivity contribution in [3.05, 3.63) is 103 Å². The normalized spacial score (nSPS) is 15.0. The van der Waals surface area contributed by atoms with Gasteiger partial charge < -0.3 is 24.9 Å². The number of aromatic amines is 2. The van der Waals surface area contributed by atoms with Crippen molar-refractivity contribution in [3.63, 3.8) is 0 Å². The third kappa shape index (κ3) is 6.94. The van der Waals surface area contributed by atoms with Crippen LogP contribution in [0.15, 0.2) is 91.3 Å². The van der Waals surface area contributed by atoms with Gasteiger partial charge in [0.25, 0.3) is 5.91 Å². The lowest BCUT2D eigenvalue weighted by Gasteiger charge is -2.30. The Morgan fingerprint density at radius 2 is 1.43 bits per heavy atom. The molecular weight excluding hydrogens is 594 g/mol. The van der Waals surface area contributed by atoms with E-state index in [0.717, 1.165) is 52.3 Å². The number of amides is 3. The van der Waals surface area contributed by atoms with Crippen LogP contribution < -0.4 is 10.6 Å². The Labute approximate surface area is 272 Å². The molecule has 0 radical (unpaired) electrons. The number of carbonyl (C=O) groups excluding carboxylic acids is 3. The minimum Gasteiger partial charge on any atom is -0.453 e. The first kappa shape index (κ1) is 31.3. The Hall–Kier alpha value is -5.71. The zero-order chi connectivity index (χ0) is 32.9. The van der Waals surface area contributed by atoms with Gasteiger partial charge in [0.15, 0.2) is 0 Å². The number of H-pyrrole nitrogens is 2. The minimum absolute atomic E-state index is 0.0949. The molecule has 1 aliphatic rings. The van der Waals surface area contributed by atoms with E-state index in [2.05, 4.69) is 42.7 Å². The number of benzene rings is 3. The summed E-state index contributed by atoms with van der Waals surface area (Å²) in [4.78, 5) is 55.1. The Morgan fingerprint density at radius 1 is 0.830 bits per heavy atom. The van der Waals surface area contributed by atoms with E-state index in [1.54, 1.807) is 29.4 Å². The van der Waals surface area contributed by atoms with Crippen molar-refractivity contribution in [2.24, 2.45) is 5.92 Å². The van der Waals surface area contributed by atoms with Crippen LogP contribution >= 0.6 is 0 Å². The summed E-state index contributed by atoms with van der Waals surface area (Å²) in [6.07, 6.45) is 4.53. The zero-order valence-corrected chi connectivity index (χ0v) is 26.5. The molecule has 1 aliphatic heterocycles. The Kier molecular flexibility index (Phi) is 9.14. The second-order valence-electron chi connectivity index (χ2n) is 11.8. The summed E-state index contributed by atoms with van der Waals surface area (Å²) < 4.78 is 4.74. The van der Waals surface area contributed by atoms with Gasteiger partial charge in [0, 0.05) is 12.1 Å². The van der Waals surface area contributed by atoms with Gasteiger partial charge in [-0.25, -0.2) is 14.8 Å². The van der Waals surface area contributed by atoms with Crippen LogP contribution in [0.1, 0.15) is 48.9 Å². The number of imidazole rings is 2. The van der Waals surface area contributed by atoms with Crippen molar-refractivity contribution in [1.29, 1.82) is 0 Å².